The Balaban J connectivity index is 3.12. The van der Waals surface area contributed by atoms with Gasteiger partial charge < -0.3 is 10.1 Å². The Hall–Kier alpha value is -0.0800. The van der Waals surface area contributed by atoms with Crippen LogP contribution in [0, 0.1) is 5.92 Å². The van der Waals surface area contributed by atoms with E-state index in [2.05, 4.69) is 39.9 Å². The van der Waals surface area contributed by atoms with Gasteiger partial charge in [-0.3, -0.25) is 0 Å². The van der Waals surface area contributed by atoms with Crippen molar-refractivity contribution in [3.05, 3.63) is 0 Å². The topological polar surface area (TPSA) is 21.3 Å². The molecule has 0 aromatic heterocycles. The van der Waals surface area contributed by atoms with Gasteiger partial charge in [-0.15, -0.1) is 0 Å². The molecule has 0 aromatic carbocycles. The summed E-state index contributed by atoms with van der Waals surface area (Å²) in [5.74, 6) is 0.639. The van der Waals surface area contributed by atoms with Crippen molar-refractivity contribution in [3.63, 3.8) is 0 Å². The molecule has 0 amide bonds. The van der Waals surface area contributed by atoms with E-state index in [1.807, 2.05) is 0 Å². The molecule has 1 N–H and O–H groups in total. The Labute approximate surface area is 76.7 Å². The van der Waals surface area contributed by atoms with Crippen LogP contribution in [-0.4, -0.2) is 25.3 Å². The zero-order valence-corrected chi connectivity index (χ0v) is 9.11. The fourth-order valence-electron chi connectivity index (χ4n) is 0.817. The van der Waals surface area contributed by atoms with Crippen LogP contribution in [0.15, 0.2) is 0 Å². The molecule has 0 aliphatic rings. The molecular formula is C10H23NO. The van der Waals surface area contributed by atoms with Crippen molar-refractivity contribution in [1.82, 2.24) is 5.32 Å². The molecule has 0 fully saturated rings. The first-order chi connectivity index (χ1) is 5.42. The number of nitrogens with one attached hydrogen (secondary N) is 1. The molecule has 12 heavy (non-hydrogen) atoms. The predicted molar refractivity (Wildman–Crippen MR) is 53.4 cm³/mol. The molecule has 0 heterocycles. The average Bonchev–Trinajstić information content (AvgIpc) is 1.83. The highest BCUT2D eigenvalue weighted by Crippen LogP contribution is 1.97. The SMILES string of the molecule is CC(C)COCCNC(C)(C)C. The second kappa shape index (κ2) is 5.55. The molecule has 0 spiro atoms. The van der Waals surface area contributed by atoms with Crippen molar-refractivity contribution in [2.75, 3.05) is 19.8 Å². The average molecular weight is 173 g/mol. The Kier molecular flexibility index (Phi) is 5.51. The molecule has 0 unspecified atom stereocenters. The number of rotatable bonds is 5. The van der Waals surface area contributed by atoms with Crippen LogP contribution < -0.4 is 5.32 Å². The molecule has 0 saturated carbocycles. The van der Waals surface area contributed by atoms with Gasteiger partial charge in [0.2, 0.25) is 0 Å². The summed E-state index contributed by atoms with van der Waals surface area (Å²) < 4.78 is 5.43. The van der Waals surface area contributed by atoms with Crippen molar-refractivity contribution in [2.24, 2.45) is 5.92 Å². The molecule has 0 rings (SSSR count). The molecule has 0 aromatic rings. The minimum absolute atomic E-state index is 0.210. The van der Waals surface area contributed by atoms with Gasteiger partial charge in [0.05, 0.1) is 6.61 Å². The predicted octanol–water partition coefficient (Wildman–Crippen LogP) is 2.05. The highest BCUT2D eigenvalue weighted by Gasteiger charge is 2.06. The van der Waals surface area contributed by atoms with E-state index in [1.54, 1.807) is 0 Å². The number of hydrogen-bond donors (Lipinski definition) is 1. The number of hydrogen-bond acceptors (Lipinski definition) is 2. The lowest BCUT2D eigenvalue weighted by Crippen LogP contribution is -2.38. The molecule has 2 nitrogen and oxygen atoms in total. The summed E-state index contributed by atoms with van der Waals surface area (Å²) in [6.45, 7) is 13.4. The van der Waals surface area contributed by atoms with E-state index >= 15 is 0 Å². The van der Waals surface area contributed by atoms with Crippen LogP contribution in [0.2, 0.25) is 0 Å². The first-order valence-electron chi connectivity index (χ1n) is 4.74. The lowest BCUT2D eigenvalue weighted by Gasteiger charge is -2.20. The molecule has 0 radical (unpaired) electrons. The molecule has 74 valence electrons. The summed E-state index contributed by atoms with van der Waals surface area (Å²) in [7, 11) is 0. The summed E-state index contributed by atoms with van der Waals surface area (Å²) >= 11 is 0. The van der Waals surface area contributed by atoms with Crippen LogP contribution in [-0.2, 0) is 4.74 Å². The molecule has 0 aliphatic carbocycles. The Morgan fingerprint density at radius 2 is 1.83 bits per heavy atom. The monoisotopic (exact) mass is 173 g/mol. The van der Waals surface area contributed by atoms with Gasteiger partial charge in [-0.1, -0.05) is 13.8 Å². The Morgan fingerprint density at radius 3 is 2.25 bits per heavy atom. The van der Waals surface area contributed by atoms with Gasteiger partial charge in [-0.05, 0) is 26.7 Å². The second-order valence-electron chi connectivity index (χ2n) is 4.65. The largest absolute Gasteiger partial charge is 0.380 e. The fourth-order valence-corrected chi connectivity index (χ4v) is 0.817. The highest BCUT2D eigenvalue weighted by molar-refractivity contribution is 4.69. The van der Waals surface area contributed by atoms with Crippen LogP contribution in [0.3, 0.4) is 0 Å². The van der Waals surface area contributed by atoms with E-state index < -0.39 is 0 Å². The van der Waals surface area contributed by atoms with E-state index in [9.17, 15) is 0 Å². The van der Waals surface area contributed by atoms with Crippen LogP contribution in [0.1, 0.15) is 34.6 Å². The summed E-state index contributed by atoms with van der Waals surface area (Å²) in [5, 5.41) is 3.37. The summed E-state index contributed by atoms with van der Waals surface area (Å²) in [6.07, 6.45) is 0. The van der Waals surface area contributed by atoms with Crippen LogP contribution in [0.25, 0.3) is 0 Å². The third-order valence-electron chi connectivity index (χ3n) is 1.35. The quantitative estimate of drug-likeness (QED) is 0.642. The zero-order valence-electron chi connectivity index (χ0n) is 9.11. The fraction of sp³-hybridized carbons (Fsp3) is 1.00. The van der Waals surface area contributed by atoms with Gasteiger partial charge >= 0.3 is 0 Å². The van der Waals surface area contributed by atoms with Crippen LogP contribution in [0.5, 0.6) is 0 Å². The highest BCUT2D eigenvalue weighted by atomic mass is 16.5. The van der Waals surface area contributed by atoms with Gasteiger partial charge in [0.15, 0.2) is 0 Å². The number of ether oxygens (including phenoxy) is 1. The minimum Gasteiger partial charge on any atom is -0.380 e. The lowest BCUT2D eigenvalue weighted by atomic mass is 10.1. The van der Waals surface area contributed by atoms with E-state index in [-0.39, 0.29) is 5.54 Å². The summed E-state index contributed by atoms with van der Waals surface area (Å²) in [5.41, 5.74) is 0.210. The molecule has 0 aliphatic heterocycles. The van der Waals surface area contributed by atoms with Gasteiger partial charge in [0.1, 0.15) is 0 Å². The van der Waals surface area contributed by atoms with E-state index in [0.717, 1.165) is 19.8 Å². The Morgan fingerprint density at radius 1 is 1.25 bits per heavy atom. The van der Waals surface area contributed by atoms with Gasteiger partial charge in [-0.2, -0.15) is 0 Å². The molecular weight excluding hydrogens is 150 g/mol. The van der Waals surface area contributed by atoms with E-state index in [4.69, 9.17) is 4.74 Å². The minimum atomic E-state index is 0.210. The molecule has 0 bridgehead atoms. The molecule has 0 saturated heterocycles. The maximum Gasteiger partial charge on any atom is 0.0591 e. The first kappa shape index (κ1) is 11.9. The van der Waals surface area contributed by atoms with Gasteiger partial charge in [0, 0.05) is 18.7 Å². The molecule has 2 heteroatoms. The van der Waals surface area contributed by atoms with Crippen molar-refractivity contribution in [2.45, 2.75) is 40.2 Å². The van der Waals surface area contributed by atoms with Gasteiger partial charge in [-0.25, -0.2) is 0 Å². The zero-order chi connectivity index (χ0) is 9.61. The third-order valence-corrected chi connectivity index (χ3v) is 1.35. The smallest absolute Gasteiger partial charge is 0.0591 e. The van der Waals surface area contributed by atoms with Crippen molar-refractivity contribution in [1.29, 1.82) is 0 Å². The van der Waals surface area contributed by atoms with Crippen molar-refractivity contribution in [3.8, 4) is 0 Å². The second-order valence-corrected chi connectivity index (χ2v) is 4.65. The maximum atomic E-state index is 5.43. The molecule has 0 atom stereocenters. The first-order valence-corrected chi connectivity index (χ1v) is 4.74. The standard InChI is InChI=1S/C10H23NO/c1-9(2)8-12-7-6-11-10(3,4)5/h9,11H,6-8H2,1-5H3. The summed E-state index contributed by atoms with van der Waals surface area (Å²) in [4.78, 5) is 0. The van der Waals surface area contributed by atoms with Crippen molar-refractivity contribution >= 4 is 0 Å². The van der Waals surface area contributed by atoms with Crippen LogP contribution >= 0.6 is 0 Å². The lowest BCUT2D eigenvalue weighted by molar-refractivity contribution is 0.108. The van der Waals surface area contributed by atoms with Crippen molar-refractivity contribution < 1.29 is 4.74 Å². The third kappa shape index (κ3) is 9.92. The summed E-state index contributed by atoms with van der Waals surface area (Å²) in [6, 6.07) is 0. The van der Waals surface area contributed by atoms with Gasteiger partial charge in [0.25, 0.3) is 0 Å². The normalized spacial score (nSPS) is 12.5. The Bertz CT molecular complexity index is 105. The van der Waals surface area contributed by atoms with Crippen LogP contribution in [0.4, 0.5) is 0 Å². The maximum absolute atomic E-state index is 5.43. The van der Waals surface area contributed by atoms with E-state index in [0.29, 0.717) is 5.92 Å². The van der Waals surface area contributed by atoms with E-state index in [1.165, 1.54) is 0 Å².